The molecule has 2 atom stereocenters. The number of anilines is 2. The molecule has 4 aromatic carbocycles. The van der Waals surface area contributed by atoms with E-state index in [1.807, 2.05) is 79.7 Å². The van der Waals surface area contributed by atoms with Gasteiger partial charge in [0.15, 0.2) is 0 Å². The Bertz CT molecular complexity index is 1500. The average molecular weight is 523 g/mol. The van der Waals surface area contributed by atoms with E-state index in [1.165, 1.54) is 0 Å². The van der Waals surface area contributed by atoms with Gasteiger partial charge in [-0.05, 0) is 78.2 Å². The van der Waals surface area contributed by atoms with E-state index in [4.69, 9.17) is 14.2 Å². The molecule has 0 unspecified atom stereocenters. The van der Waals surface area contributed by atoms with Crippen molar-refractivity contribution in [1.29, 1.82) is 0 Å². The lowest BCUT2D eigenvalue weighted by Crippen LogP contribution is -2.46. The molecule has 7 heteroatoms. The molecule has 198 valence electrons. The van der Waals surface area contributed by atoms with Gasteiger partial charge < -0.3 is 19.5 Å². The lowest BCUT2D eigenvalue weighted by atomic mass is 9.78. The quantitative estimate of drug-likeness (QED) is 0.315. The fraction of sp³-hybridized carbons (Fsp3) is 0.188. The first kappa shape index (κ1) is 25.9. The second kappa shape index (κ2) is 10.9. The number of hydrogen-bond donors (Lipinski definition) is 1. The first-order valence-electron chi connectivity index (χ1n) is 12.6. The topological polar surface area (TPSA) is 77.1 Å². The Hall–Kier alpha value is -4.78. The molecular weight excluding hydrogens is 492 g/mol. The Labute approximate surface area is 227 Å². The Balaban J connectivity index is 1.69. The lowest BCUT2D eigenvalue weighted by molar-refractivity contribution is -0.118. The van der Waals surface area contributed by atoms with Crippen molar-refractivity contribution in [1.82, 2.24) is 0 Å². The molecule has 7 nitrogen and oxygen atoms in total. The van der Waals surface area contributed by atoms with Gasteiger partial charge in [0.2, 0.25) is 5.91 Å². The Morgan fingerprint density at radius 1 is 0.795 bits per heavy atom. The number of carbonyl (C=O) groups is 2. The summed E-state index contributed by atoms with van der Waals surface area (Å²) in [6.45, 7) is 1.95. The highest BCUT2D eigenvalue weighted by atomic mass is 16.5. The molecule has 0 aromatic heterocycles. The molecule has 0 aliphatic carbocycles. The van der Waals surface area contributed by atoms with E-state index in [0.717, 1.165) is 11.1 Å². The van der Waals surface area contributed by atoms with E-state index in [2.05, 4.69) is 5.32 Å². The third-order valence-electron chi connectivity index (χ3n) is 7.04. The minimum absolute atomic E-state index is 0.186. The van der Waals surface area contributed by atoms with Crippen LogP contribution >= 0.6 is 0 Å². The highest BCUT2D eigenvalue weighted by Gasteiger charge is 2.45. The number of methoxy groups -OCH3 is 3. The van der Waals surface area contributed by atoms with Gasteiger partial charge in [-0.1, -0.05) is 36.4 Å². The van der Waals surface area contributed by atoms with Gasteiger partial charge in [-0.2, -0.15) is 0 Å². The van der Waals surface area contributed by atoms with Crippen LogP contribution in [0.3, 0.4) is 0 Å². The maximum absolute atomic E-state index is 14.3. The molecule has 1 aliphatic rings. The van der Waals surface area contributed by atoms with E-state index in [0.29, 0.717) is 39.8 Å². The van der Waals surface area contributed by atoms with Crippen LogP contribution in [0.1, 0.15) is 39.0 Å². The van der Waals surface area contributed by atoms with Crippen molar-refractivity contribution < 1.29 is 23.8 Å². The summed E-state index contributed by atoms with van der Waals surface area (Å²) in [5.74, 6) is 0.752. The van der Waals surface area contributed by atoms with Gasteiger partial charge in [0.1, 0.15) is 17.2 Å². The lowest BCUT2D eigenvalue weighted by Gasteiger charge is -2.42. The maximum atomic E-state index is 14.3. The molecule has 39 heavy (non-hydrogen) atoms. The standard InChI is InChI=1S/C32H30N2O5/c1-20-9-18-28(39-4)27(19-20)33-31(35)29-25-7-5-6-8-26(25)32(36)34(22-12-16-24(38-3)17-13-22)30(29)21-10-14-23(37-2)15-11-21/h5-19,29-30H,1-4H3,(H,33,35)/t29-,30+/m0/s1. The van der Waals surface area contributed by atoms with Crippen LogP contribution < -0.4 is 24.4 Å². The maximum Gasteiger partial charge on any atom is 0.259 e. The minimum atomic E-state index is -0.723. The molecule has 1 N–H and O–H groups in total. The number of amides is 2. The summed E-state index contributed by atoms with van der Waals surface area (Å²) in [7, 11) is 4.77. The van der Waals surface area contributed by atoms with Crippen LogP contribution in [0, 0.1) is 6.92 Å². The third kappa shape index (κ3) is 4.91. The van der Waals surface area contributed by atoms with Crippen LogP contribution in [-0.4, -0.2) is 33.1 Å². The van der Waals surface area contributed by atoms with Crippen LogP contribution in [-0.2, 0) is 4.79 Å². The van der Waals surface area contributed by atoms with E-state index in [9.17, 15) is 9.59 Å². The van der Waals surface area contributed by atoms with E-state index in [1.54, 1.807) is 44.4 Å². The highest BCUT2D eigenvalue weighted by Crippen LogP contribution is 2.46. The van der Waals surface area contributed by atoms with Crippen molar-refractivity contribution in [2.75, 3.05) is 31.5 Å². The predicted molar refractivity (Wildman–Crippen MR) is 151 cm³/mol. The summed E-state index contributed by atoms with van der Waals surface area (Å²) < 4.78 is 16.2. The number of nitrogens with one attached hydrogen (secondary N) is 1. The van der Waals surface area contributed by atoms with Crippen molar-refractivity contribution in [2.24, 2.45) is 0 Å². The molecular formula is C32H30N2O5. The summed E-state index contributed by atoms with van der Waals surface area (Å²) >= 11 is 0. The zero-order valence-corrected chi connectivity index (χ0v) is 22.3. The van der Waals surface area contributed by atoms with Crippen molar-refractivity contribution in [3.05, 3.63) is 113 Å². The molecule has 2 amide bonds. The second-order valence-electron chi connectivity index (χ2n) is 9.35. The predicted octanol–water partition coefficient (Wildman–Crippen LogP) is 6.14. The largest absolute Gasteiger partial charge is 0.497 e. The molecule has 0 bridgehead atoms. The monoisotopic (exact) mass is 522 g/mol. The van der Waals surface area contributed by atoms with E-state index in [-0.39, 0.29) is 11.8 Å². The van der Waals surface area contributed by atoms with Gasteiger partial charge in [0.25, 0.3) is 5.91 Å². The fourth-order valence-corrected chi connectivity index (χ4v) is 5.12. The van der Waals surface area contributed by atoms with Crippen LogP contribution in [0.5, 0.6) is 17.2 Å². The second-order valence-corrected chi connectivity index (χ2v) is 9.35. The van der Waals surface area contributed by atoms with Crippen molar-refractivity contribution in [3.8, 4) is 17.2 Å². The summed E-state index contributed by atoms with van der Waals surface area (Å²) in [5.41, 5.74) is 4.15. The molecule has 5 rings (SSSR count). The number of fused-ring (bicyclic) bond motifs is 1. The SMILES string of the molecule is COc1ccc([C@@H]2[C@@H](C(=O)Nc3cc(C)ccc3OC)c3ccccc3C(=O)N2c2ccc(OC)cc2)cc1. The van der Waals surface area contributed by atoms with Gasteiger partial charge >= 0.3 is 0 Å². The number of rotatable bonds is 7. The normalized spacial score (nSPS) is 16.3. The van der Waals surface area contributed by atoms with Crippen LogP contribution in [0.2, 0.25) is 0 Å². The van der Waals surface area contributed by atoms with Crippen molar-refractivity contribution in [3.63, 3.8) is 0 Å². The van der Waals surface area contributed by atoms with Crippen LogP contribution in [0.25, 0.3) is 0 Å². The zero-order valence-electron chi connectivity index (χ0n) is 22.3. The zero-order chi connectivity index (χ0) is 27.5. The molecule has 0 spiro atoms. The Morgan fingerprint density at radius 3 is 2.08 bits per heavy atom. The molecule has 0 fully saturated rings. The van der Waals surface area contributed by atoms with Gasteiger partial charge in [0.05, 0.1) is 39.0 Å². The van der Waals surface area contributed by atoms with Gasteiger partial charge in [-0.3, -0.25) is 14.5 Å². The van der Waals surface area contributed by atoms with Gasteiger partial charge in [-0.15, -0.1) is 0 Å². The van der Waals surface area contributed by atoms with Gasteiger partial charge in [-0.25, -0.2) is 0 Å². The highest BCUT2D eigenvalue weighted by molar-refractivity contribution is 6.12. The molecule has 0 saturated carbocycles. The third-order valence-corrected chi connectivity index (χ3v) is 7.04. The van der Waals surface area contributed by atoms with Crippen LogP contribution in [0.15, 0.2) is 91.0 Å². The average Bonchev–Trinajstić information content (AvgIpc) is 2.97. The number of benzene rings is 4. The minimum Gasteiger partial charge on any atom is -0.497 e. The number of carbonyl (C=O) groups excluding carboxylic acids is 2. The van der Waals surface area contributed by atoms with Crippen molar-refractivity contribution >= 4 is 23.2 Å². The number of ether oxygens (including phenoxy) is 3. The number of nitrogens with zero attached hydrogens (tertiary/aromatic N) is 1. The van der Waals surface area contributed by atoms with E-state index >= 15 is 0 Å². The summed E-state index contributed by atoms with van der Waals surface area (Å²) in [4.78, 5) is 30.0. The Kier molecular flexibility index (Phi) is 7.23. The molecule has 1 aliphatic heterocycles. The molecule has 0 radical (unpaired) electrons. The number of hydrogen-bond acceptors (Lipinski definition) is 5. The summed E-state index contributed by atoms with van der Waals surface area (Å²) in [5, 5.41) is 3.09. The smallest absolute Gasteiger partial charge is 0.259 e. The van der Waals surface area contributed by atoms with E-state index < -0.39 is 12.0 Å². The fourth-order valence-electron chi connectivity index (χ4n) is 5.12. The Morgan fingerprint density at radius 2 is 1.44 bits per heavy atom. The first-order chi connectivity index (χ1) is 18.9. The molecule has 0 saturated heterocycles. The first-order valence-corrected chi connectivity index (χ1v) is 12.6. The molecule has 1 heterocycles. The number of aryl methyl sites for hydroxylation is 1. The van der Waals surface area contributed by atoms with Crippen molar-refractivity contribution in [2.45, 2.75) is 18.9 Å². The molecule has 4 aromatic rings. The van der Waals surface area contributed by atoms with Crippen LogP contribution in [0.4, 0.5) is 11.4 Å². The summed E-state index contributed by atoms with van der Waals surface area (Å²) in [6.07, 6.45) is 0. The summed E-state index contributed by atoms with van der Waals surface area (Å²) in [6, 6.07) is 27.0. The van der Waals surface area contributed by atoms with Gasteiger partial charge in [0, 0.05) is 11.3 Å².